The van der Waals surface area contributed by atoms with Crippen molar-refractivity contribution < 1.29 is 0 Å². The quantitative estimate of drug-likeness (QED) is 0.661. The van der Waals surface area contributed by atoms with Crippen molar-refractivity contribution in [1.29, 1.82) is 0 Å². The van der Waals surface area contributed by atoms with Crippen LogP contribution in [0.15, 0.2) is 30.3 Å². The molecule has 0 N–H and O–H groups in total. The Morgan fingerprint density at radius 1 is 1.21 bits per heavy atom. The highest BCUT2D eigenvalue weighted by Crippen LogP contribution is 2.15. The number of hydrogen-bond acceptors (Lipinski definition) is 0. The van der Waals surface area contributed by atoms with E-state index in [0.29, 0.717) is 9.13 Å². The van der Waals surface area contributed by atoms with E-state index in [-0.39, 0.29) is 0 Å². The molecular weight excluding hydrogens is 184 g/mol. The second kappa shape index (κ2) is 5.92. The normalized spacial score (nSPS) is 13.7. The molecule has 0 aliphatic carbocycles. The van der Waals surface area contributed by atoms with Gasteiger partial charge in [-0.1, -0.05) is 51.1 Å². The van der Waals surface area contributed by atoms with Gasteiger partial charge in [-0.3, -0.25) is 0 Å². The zero-order valence-electron chi connectivity index (χ0n) is 9.40. The van der Waals surface area contributed by atoms with Gasteiger partial charge in [-0.05, 0) is 32.6 Å². The van der Waals surface area contributed by atoms with Gasteiger partial charge in [0.1, 0.15) is 0 Å². The minimum Gasteiger partial charge on any atom is -0.103 e. The standard InChI is InChI=1S/C13H20Si/c1-4-13(14-10-11(2)3)12-8-6-5-7-9-12/h5-11,13-14H,4H2,1-3H3. The zero-order valence-corrected chi connectivity index (χ0v) is 10.6. The first kappa shape index (κ1) is 11.4. The van der Waals surface area contributed by atoms with Crippen LogP contribution in [0.2, 0.25) is 0 Å². The molecule has 14 heavy (non-hydrogen) atoms. The molecule has 0 spiro atoms. The van der Waals surface area contributed by atoms with Gasteiger partial charge in [0.2, 0.25) is 0 Å². The topological polar surface area (TPSA) is 0 Å². The fraction of sp³-hybridized carbons (Fsp3) is 0.462. The summed E-state index contributed by atoms with van der Waals surface area (Å²) < 4.78 is 0. The predicted molar refractivity (Wildman–Crippen MR) is 67.5 cm³/mol. The fourth-order valence-electron chi connectivity index (χ4n) is 1.54. The molecule has 0 heterocycles. The first-order chi connectivity index (χ1) is 6.74. The number of benzene rings is 1. The van der Waals surface area contributed by atoms with E-state index in [4.69, 9.17) is 0 Å². The molecule has 0 radical (unpaired) electrons. The summed E-state index contributed by atoms with van der Waals surface area (Å²) in [6.07, 6.45) is 1.27. The Balaban J connectivity index is 2.73. The van der Waals surface area contributed by atoms with Crippen LogP contribution >= 0.6 is 0 Å². The van der Waals surface area contributed by atoms with Gasteiger partial charge in [-0.2, -0.15) is 0 Å². The third-order valence-electron chi connectivity index (χ3n) is 2.40. The van der Waals surface area contributed by atoms with Crippen LogP contribution in [-0.4, -0.2) is 14.8 Å². The molecule has 1 rings (SSSR count). The Labute approximate surface area is 89.8 Å². The maximum atomic E-state index is 2.50. The molecule has 0 aliphatic heterocycles. The zero-order chi connectivity index (χ0) is 10.4. The molecule has 0 fully saturated rings. The summed E-state index contributed by atoms with van der Waals surface area (Å²) in [4.78, 5) is 0. The van der Waals surface area contributed by atoms with Crippen molar-refractivity contribution in [3.8, 4) is 0 Å². The molecule has 76 valence electrons. The lowest BCUT2D eigenvalue weighted by molar-refractivity contribution is 0.875. The van der Waals surface area contributed by atoms with Gasteiger partial charge in [0, 0.05) is 0 Å². The number of hydrogen-bond donors (Lipinski definition) is 0. The average molecular weight is 204 g/mol. The van der Waals surface area contributed by atoms with Gasteiger partial charge in [0.05, 0.1) is 0 Å². The summed E-state index contributed by atoms with van der Waals surface area (Å²) >= 11 is 0. The van der Waals surface area contributed by atoms with Gasteiger partial charge in [0.15, 0.2) is 0 Å². The molecule has 0 saturated carbocycles. The summed E-state index contributed by atoms with van der Waals surface area (Å²) in [5, 5.41) is 0. The van der Waals surface area contributed by atoms with E-state index in [1.165, 1.54) is 12.0 Å². The molecule has 0 aliphatic rings. The monoisotopic (exact) mass is 204 g/mol. The van der Waals surface area contributed by atoms with Gasteiger partial charge < -0.3 is 0 Å². The third-order valence-corrected chi connectivity index (χ3v) is 4.71. The van der Waals surface area contributed by atoms with Crippen molar-refractivity contribution in [2.45, 2.75) is 32.7 Å². The van der Waals surface area contributed by atoms with Crippen LogP contribution in [0.5, 0.6) is 0 Å². The minimum atomic E-state index is 0.455. The Morgan fingerprint density at radius 2 is 1.86 bits per heavy atom. The Morgan fingerprint density at radius 3 is 2.36 bits per heavy atom. The van der Waals surface area contributed by atoms with Crippen LogP contribution in [0, 0.1) is 5.92 Å². The molecule has 0 aromatic heterocycles. The first-order valence-corrected chi connectivity index (χ1v) is 6.80. The fourth-order valence-corrected chi connectivity index (χ4v) is 2.97. The lowest BCUT2D eigenvalue weighted by Gasteiger charge is -2.10. The van der Waals surface area contributed by atoms with Crippen LogP contribution in [-0.2, 0) is 0 Å². The molecule has 1 atom stereocenters. The van der Waals surface area contributed by atoms with Gasteiger partial charge in [-0.15, -0.1) is 5.67 Å². The third kappa shape index (κ3) is 3.58. The highest BCUT2D eigenvalue weighted by molar-refractivity contribution is 6.48. The maximum absolute atomic E-state index is 2.50. The first-order valence-electron chi connectivity index (χ1n) is 5.47. The molecule has 1 unspecified atom stereocenters. The summed E-state index contributed by atoms with van der Waals surface area (Å²) in [7, 11) is 0.455. The Bertz CT molecular complexity index is 275. The van der Waals surface area contributed by atoms with E-state index >= 15 is 0 Å². The number of rotatable bonds is 4. The Hall–Kier alpha value is -0.693. The van der Waals surface area contributed by atoms with E-state index in [1.807, 2.05) is 0 Å². The Kier molecular flexibility index (Phi) is 4.81. The van der Waals surface area contributed by atoms with Crippen molar-refractivity contribution in [3.63, 3.8) is 0 Å². The summed E-state index contributed by atoms with van der Waals surface area (Å²) in [6, 6.07) is 10.9. The van der Waals surface area contributed by atoms with E-state index in [2.05, 4.69) is 56.8 Å². The highest BCUT2D eigenvalue weighted by Gasteiger charge is 2.04. The molecule has 0 bridgehead atoms. The van der Waals surface area contributed by atoms with E-state index in [0.717, 1.165) is 11.5 Å². The molecule has 1 aromatic rings. The second-order valence-corrected chi connectivity index (χ2v) is 5.63. The lowest BCUT2D eigenvalue weighted by Crippen LogP contribution is -2.05. The predicted octanol–water partition coefficient (Wildman–Crippen LogP) is 3.03. The van der Waals surface area contributed by atoms with Crippen LogP contribution < -0.4 is 0 Å². The molecule has 1 aromatic carbocycles. The van der Waals surface area contributed by atoms with Gasteiger partial charge in [0.25, 0.3) is 0 Å². The van der Waals surface area contributed by atoms with Gasteiger partial charge >= 0.3 is 0 Å². The van der Waals surface area contributed by atoms with Crippen molar-refractivity contribution in [3.05, 3.63) is 35.9 Å². The van der Waals surface area contributed by atoms with E-state index < -0.39 is 0 Å². The minimum absolute atomic E-state index is 0.455. The summed E-state index contributed by atoms with van der Waals surface area (Å²) in [5.74, 6) is 0.739. The molecular formula is C13H20Si. The largest absolute Gasteiger partial charge is 0.103 e. The van der Waals surface area contributed by atoms with Crippen LogP contribution in [0.4, 0.5) is 0 Å². The summed E-state index contributed by atoms with van der Waals surface area (Å²) in [5.41, 5.74) is 4.81. The van der Waals surface area contributed by atoms with E-state index in [9.17, 15) is 0 Å². The SMILES string of the molecule is CCC([SiH]=CC(C)C)c1ccccc1. The van der Waals surface area contributed by atoms with Crippen LogP contribution in [0.25, 0.3) is 0 Å². The molecule has 0 amide bonds. The van der Waals surface area contributed by atoms with Crippen LogP contribution in [0.3, 0.4) is 0 Å². The molecule has 1 heteroatoms. The van der Waals surface area contributed by atoms with Crippen molar-refractivity contribution in [2.75, 3.05) is 0 Å². The highest BCUT2D eigenvalue weighted by atomic mass is 28.2. The lowest BCUT2D eigenvalue weighted by atomic mass is 10.1. The van der Waals surface area contributed by atoms with Gasteiger partial charge in [-0.25, -0.2) is 0 Å². The van der Waals surface area contributed by atoms with Crippen molar-refractivity contribution >= 4 is 14.8 Å². The summed E-state index contributed by atoms with van der Waals surface area (Å²) in [6.45, 7) is 6.83. The molecule has 0 nitrogen and oxygen atoms in total. The smallest absolute Gasteiger partial charge is 0.00371 e. The molecule has 0 saturated heterocycles. The van der Waals surface area contributed by atoms with Crippen molar-refractivity contribution in [2.24, 2.45) is 5.92 Å². The average Bonchev–Trinajstić information content (AvgIpc) is 2.20. The van der Waals surface area contributed by atoms with E-state index in [1.54, 1.807) is 0 Å². The van der Waals surface area contributed by atoms with Crippen molar-refractivity contribution in [1.82, 2.24) is 0 Å². The van der Waals surface area contributed by atoms with Crippen LogP contribution in [0.1, 0.15) is 38.3 Å². The second-order valence-electron chi connectivity index (χ2n) is 4.05. The maximum Gasteiger partial charge on any atom is -0.00371 e.